The van der Waals surface area contributed by atoms with Gasteiger partial charge in [-0.3, -0.25) is 4.79 Å². The third kappa shape index (κ3) is 3.26. The number of rotatable bonds is 5. The average Bonchev–Trinajstić information content (AvgIpc) is 3.37. The van der Waals surface area contributed by atoms with Crippen molar-refractivity contribution in [2.45, 2.75) is 69.5 Å². The summed E-state index contributed by atoms with van der Waals surface area (Å²) >= 11 is 0. The number of fused-ring (bicyclic) bond motifs is 3. The first-order valence-corrected chi connectivity index (χ1v) is 11.2. The molecular formula is C23H27N7O. The second-order valence-electron chi connectivity index (χ2n) is 9.26. The number of hydrogen-bond acceptors (Lipinski definition) is 7. The number of Topliss-reactive ketones (excluding diaryl/α,β-unsaturated/α-hetero) is 1. The molecule has 0 spiro atoms. The zero-order chi connectivity index (χ0) is 21.1. The number of carbonyl (C=O) groups excluding carboxylic acids is 1. The Morgan fingerprint density at radius 2 is 1.94 bits per heavy atom. The fraction of sp³-hybridized carbons (Fsp3) is 0.478. The number of ketones is 1. The summed E-state index contributed by atoms with van der Waals surface area (Å²) in [4.78, 5) is 22.1. The van der Waals surface area contributed by atoms with Crippen molar-refractivity contribution in [3.05, 3.63) is 35.8 Å². The van der Waals surface area contributed by atoms with Crippen molar-refractivity contribution in [2.75, 3.05) is 11.1 Å². The van der Waals surface area contributed by atoms with Gasteiger partial charge < -0.3 is 16.4 Å². The van der Waals surface area contributed by atoms with Crippen molar-refractivity contribution in [1.29, 1.82) is 0 Å². The smallest absolute Gasteiger partial charge is 0.165 e. The zero-order valence-electron chi connectivity index (χ0n) is 17.6. The maximum absolute atomic E-state index is 12.6. The second kappa shape index (κ2) is 7.02. The number of anilines is 2. The van der Waals surface area contributed by atoms with E-state index in [1.807, 2.05) is 18.3 Å². The van der Waals surface area contributed by atoms with Crippen LogP contribution in [-0.2, 0) is 0 Å². The van der Waals surface area contributed by atoms with Crippen molar-refractivity contribution < 1.29 is 4.79 Å². The molecule has 3 aromatic heterocycles. The van der Waals surface area contributed by atoms with Crippen LogP contribution in [0.3, 0.4) is 0 Å². The summed E-state index contributed by atoms with van der Waals surface area (Å²) in [7, 11) is 0. The van der Waals surface area contributed by atoms with E-state index in [2.05, 4.69) is 20.7 Å². The Kier molecular flexibility index (Phi) is 4.24. The number of carbonyl (C=O) groups is 1. The van der Waals surface area contributed by atoms with Crippen molar-refractivity contribution in [3.8, 4) is 11.1 Å². The van der Waals surface area contributed by atoms with Gasteiger partial charge in [0.2, 0.25) is 0 Å². The van der Waals surface area contributed by atoms with Gasteiger partial charge in [0.1, 0.15) is 11.6 Å². The Bertz CT molecular complexity index is 1150. The highest BCUT2D eigenvalue weighted by molar-refractivity contribution is 6.00. The normalized spacial score (nSPS) is 25.1. The van der Waals surface area contributed by atoms with Crippen LogP contribution in [0.4, 0.5) is 11.6 Å². The number of piperidine rings is 1. The van der Waals surface area contributed by atoms with E-state index in [0.717, 1.165) is 35.5 Å². The van der Waals surface area contributed by atoms with Crippen LogP contribution in [0.5, 0.6) is 0 Å². The Balaban J connectivity index is 1.44. The fourth-order valence-corrected chi connectivity index (χ4v) is 5.25. The van der Waals surface area contributed by atoms with Crippen molar-refractivity contribution in [1.82, 2.24) is 24.9 Å². The molecule has 5 heterocycles. The summed E-state index contributed by atoms with van der Waals surface area (Å²) in [6, 6.07) is 5.60. The molecule has 1 aliphatic carbocycles. The van der Waals surface area contributed by atoms with Crippen LogP contribution in [0.15, 0.2) is 24.5 Å². The number of nitrogen functional groups attached to an aromatic ring is 1. The van der Waals surface area contributed by atoms with Crippen LogP contribution < -0.4 is 16.4 Å². The number of nitrogens with one attached hydrogen (secondary N) is 2. The lowest BCUT2D eigenvalue weighted by molar-refractivity contribution is 0.101. The second-order valence-corrected chi connectivity index (χ2v) is 9.26. The fourth-order valence-electron chi connectivity index (χ4n) is 5.25. The summed E-state index contributed by atoms with van der Waals surface area (Å²) < 4.78 is 1.60. The highest BCUT2D eigenvalue weighted by Crippen LogP contribution is 2.40. The lowest BCUT2D eigenvalue weighted by Crippen LogP contribution is -2.38. The molecule has 2 saturated heterocycles. The minimum atomic E-state index is -0.0537. The van der Waals surface area contributed by atoms with Gasteiger partial charge in [0.25, 0.3) is 0 Å². The van der Waals surface area contributed by atoms with E-state index in [9.17, 15) is 4.79 Å². The van der Waals surface area contributed by atoms with Gasteiger partial charge in [-0.15, -0.1) is 0 Å². The Hall–Kier alpha value is -3.00. The Labute approximate surface area is 180 Å². The van der Waals surface area contributed by atoms with E-state index < -0.39 is 0 Å². The molecule has 0 unspecified atom stereocenters. The molecule has 3 aromatic rings. The van der Waals surface area contributed by atoms with Gasteiger partial charge in [-0.05, 0) is 57.6 Å². The van der Waals surface area contributed by atoms with Crippen LogP contribution >= 0.6 is 0 Å². The first-order valence-electron chi connectivity index (χ1n) is 11.2. The molecule has 2 bridgehead atoms. The molecule has 6 rings (SSSR count). The first kappa shape index (κ1) is 18.7. The van der Waals surface area contributed by atoms with Crippen molar-refractivity contribution in [3.63, 3.8) is 0 Å². The number of hydrogen-bond donors (Lipinski definition) is 3. The quantitative estimate of drug-likeness (QED) is 0.547. The van der Waals surface area contributed by atoms with E-state index in [1.165, 1.54) is 25.7 Å². The number of aromatic nitrogens is 4. The average molecular weight is 418 g/mol. The van der Waals surface area contributed by atoms with E-state index in [4.69, 9.17) is 10.7 Å². The maximum Gasteiger partial charge on any atom is 0.165 e. The molecule has 160 valence electrons. The van der Waals surface area contributed by atoms with Gasteiger partial charge in [0.15, 0.2) is 11.4 Å². The largest absolute Gasteiger partial charge is 0.383 e. The molecular weight excluding hydrogens is 390 g/mol. The van der Waals surface area contributed by atoms with Gasteiger partial charge >= 0.3 is 0 Å². The molecule has 8 heteroatoms. The molecule has 31 heavy (non-hydrogen) atoms. The highest BCUT2D eigenvalue weighted by atomic mass is 16.1. The molecule has 1 saturated carbocycles. The molecule has 3 atom stereocenters. The third-order valence-electron chi connectivity index (χ3n) is 6.93. The summed E-state index contributed by atoms with van der Waals surface area (Å²) in [6.45, 7) is 1.57. The van der Waals surface area contributed by atoms with Crippen LogP contribution in [0.2, 0.25) is 0 Å². The maximum atomic E-state index is 12.6. The molecule has 2 aliphatic heterocycles. The molecule has 3 fully saturated rings. The Morgan fingerprint density at radius 1 is 1.16 bits per heavy atom. The van der Waals surface area contributed by atoms with Crippen molar-refractivity contribution >= 4 is 23.1 Å². The first-order chi connectivity index (χ1) is 15.1. The van der Waals surface area contributed by atoms with Gasteiger partial charge in [-0.2, -0.15) is 9.61 Å². The van der Waals surface area contributed by atoms with Gasteiger partial charge in [0.05, 0.1) is 17.5 Å². The predicted molar refractivity (Wildman–Crippen MR) is 119 cm³/mol. The topological polar surface area (TPSA) is 110 Å². The molecule has 8 nitrogen and oxygen atoms in total. The minimum absolute atomic E-state index is 0.0537. The summed E-state index contributed by atoms with van der Waals surface area (Å²) in [5.41, 5.74) is 10.4. The summed E-state index contributed by atoms with van der Waals surface area (Å²) in [6.07, 6.45) is 10.4. The van der Waals surface area contributed by atoms with Gasteiger partial charge in [-0.1, -0.05) is 0 Å². The predicted octanol–water partition coefficient (Wildman–Crippen LogP) is 3.15. The zero-order valence-corrected chi connectivity index (χ0v) is 17.6. The van der Waals surface area contributed by atoms with E-state index in [0.29, 0.717) is 35.2 Å². The van der Waals surface area contributed by atoms with Crippen LogP contribution in [0.1, 0.15) is 67.4 Å². The number of nitrogens with zero attached hydrogens (tertiary/aromatic N) is 4. The highest BCUT2D eigenvalue weighted by Gasteiger charge is 2.37. The molecule has 0 aromatic carbocycles. The number of pyridine rings is 1. The lowest BCUT2D eigenvalue weighted by Gasteiger charge is -2.30. The molecule has 3 aliphatic rings. The minimum Gasteiger partial charge on any atom is -0.383 e. The molecule has 0 amide bonds. The monoisotopic (exact) mass is 417 g/mol. The van der Waals surface area contributed by atoms with E-state index >= 15 is 0 Å². The standard InChI is InChI=1S/C23H27N7O/c1-12(31)20-21(14-8-16-5-6-17(9-14)27-16)29-23-18(11-26-30(23)22(20)24)13-2-7-19(25-10-13)28-15-3-4-15/h2,7,10-11,14-17,27H,3-6,8-9,24H2,1H3,(H,25,28)/t14-,16-,17+. The number of nitrogens with two attached hydrogens (primary N) is 1. The summed E-state index contributed by atoms with van der Waals surface area (Å²) in [5, 5.41) is 11.5. The van der Waals surface area contributed by atoms with Crippen LogP contribution in [-0.4, -0.2) is 43.5 Å². The van der Waals surface area contributed by atoms with Crippen LogP contribution in [0.25, 0.3) is 16.8 Å². The SMILES string of the molecule is CC(=O)c1c([C@@H]2C[C@H]3CC[C@@H](C2)N3)nc2c(-c3ccc(NC4CC4)nc3)cnn2c1N. The van der Waals surface area contributed by atoms with Gasteiger partial charge in [-0.25, -0.2) is 9.97 Å². The van der Waals surface area contributed by atoms with Gasteiger partial charge in [0, 0.05) is 41.4 Å². The van der Waals surface area contributed by atoms with E-state index in [1.54, 1.807) is 17.6 Å². The van der Waals surface area contributed by atoms with Crippen LogP contribution in [0, 0.1) is 0 Å². The summed E-state index contributed by atoms with van der Waals surface area (Å²) in [5.74, 6) is 1.45. The van der Waals surface area contributed by atoms with E-state index in [-0.39, 0.29) is 11.7 Å². The Morgan fingerprint density at radius 3 is 2.58 bits per heavy atom. The lowest BCUT2D eigenvalue weighted by atomic mass is 9.86. The third-order valence-corrected chi connectivity index (χ3v) is 6.93. The van der Waals surface area contributed by atoms with Crippen molar-refractivity contribution in [2.24, 2.45) is 0 Å². The molecule has 4 N–H and O–H groups in total. The molecule has 0 radical (unpaired) electrons.